The van der Waals surface area contributed by atoms with E-state index < -0.39 is 36.8 Å². The van der Waals surface area contributed by atoms with E-state index in [1.807, 2.05) is 28.5 Å². The van der Waals surface area contributed by atoms with E-state index in [1.165, 1.54) is 188 Å². The Hall–Kier alpha value is -0.00260. The third-order valence-electron chi connectivity index (χ3n) is 14.9. The number of hydrogen-bond donors (Lipinski definition) is 0. The summed E-state index contributed by atoms with van der Waals surface area (Å²) in [6.07, 6.45) is 33.5. The van der Waals surface area contributed by atoms with Crippen LogP contribution < -0.4 is 5.79 Å². The predicted octanol–water partition coefficient (Wildman–Crippen LogP) is 20.7. The van der Waals surface area contributed by atoms with Crippen molar-refractivity contribution in [1.29, 1.82) is 0 Å². The number of aryl methyl sites for hydroxylation is 2. The molecule has 0 saturated heterocycles. The Morgan fingerprint density at radius 3 is 0.969 bits per heavy atom. The van der Waals surface area contributed by atoms with Gasteiger partial charge in [-0.2, -0.15) is 0 Å². The summed E-state index contributed by atoms with van der Waals surface area (Å²) in [7, 11) is 0. The minimum Gasteiger partial charge on any atom is -0.339 e. The molecule has 2 nitrogen and oxygen atoms in total. The summed E-state index contributed by atoms with van der Waals surface area (Å²) in [5, 5.41) is 4.45. The molecule has 0 aromatic carbocycles. The fourth-order valence-electron chi connectivity index (χ4n) is 10.8. The van der Waals surface area contributed by atoms with E-state index in [0.29, 0.717) is 0 Å². The second-order valence-corrected chi connectivity index (χ2v) is 52.2. The smallest absolute Gasteiger partial charge is 0.0700 e. The van der Waals surface area contributed by atoms with Crippen molar-refractivity contribution >= 4 is 129 Å². The first kappa shape index (κ1) is 54.9. The molecule has 0 amide bonds. The summed E-state index contributed by atoms with van der Waals surface area (Å²) < 4.78 is 25.3. The Morgan fingerprint density at radius 1 is 0.344 bits per heavy atom. The van der Waals surface area contributed by atoms with Gasteiger partial charge in [-0.15, -0.1) is 22.7 Å². The third kappa shape index (κ3) is 14.5. The Balaban J connectivity index is 0.000000333. The van der Waals surface area contributed by atoms with Gasteiger partial charge in [0.1, 0.15) is 0 Å². The maximum absolute atomic E-state index is 2.89. The quantitative estimate of drug-likeness (QED) is 0.0281. The normalized spacial score (nSPS) is 12.5. The summed E-state index contributed by atoms with van der Waals surface area (Å²) in [5.74, 6) is 0. The molecule has 0 spiro atoms. The number of thiophene rings is 4. The van der Waals surface area contributed by atoms with Gasteiger partial charge >= 0.3 is 300 Å². The average Bonchev–Trinajstić information content (AvgIpc) is 4.18. The summed E-state index contributed by atoms with van der Waals surface area (Å²) in [4.78, 5) is 0. The molecule has 0 radical (unpaired) electrons. The van der Waals surface area contributed by atoms with Crippen molar-refractivity contribution in [3.63, 3.8) is 0 Å². The van der Waals surface area contributed by atoms with Crippen LogP contribution in [0, 0.1) is 0 Å². The number of hydrogen-bond acceptors (Lipinski definition) is 4. The largest absolute Gasteiger partial charge is 0.339 e. The molecule has 0 aliphatic carbocycles. The van der Waals surface area contributed by atoms with Crippen molar-refractivity contribution in [2.75, 3.05) is 0 Å². The molecule has 360 valence electrons. The van der Waals surface area contributed by atoms with Gasteiger partial charge in [-0.3, -0.25) is 0 Å². The molecule has 6 rings (SSSR count). The zero-order chi connectivity index (χ0) is 45.6. The Bertz CT molecular complexity index is 1960. The fraction of sp³-hybridized carbons (Fsp3) is 0.714. The zero-order valence-corrected chi connectivity index (χ0v) is 51.6. The van der Waals surface area contributed by atoms with E-state index in [4.69, 9.17) is 0 Å². The number of nitrogens with zero attached hydrogens (tertiary/aromatic N) is 2. The van der Waals surface area contributed by atoms with Gasteiger partial charge in [0.25, 0.3) is 0 Å². The second-order valence-electron chi connectivity index (χ2n) is 19.9. The standard InChI is InChI=1S/C16H21NS2.C16H19NS2.6C4H9.2Sn/c2*1-2-3-4-5-6-7-10-17-13-8-11-18-15(13)16-14(17)9-12-19-16;6*1-3-4-2;;/h8-9,11-12H,2-7,10H2,1H3;8-9H,2-7,10H2,1H3;6*1,3-4H2,2H3;;. The van der Waals surface area contributed by atoms with Crippen molar-refractivity contribution in [3.05, 3.63) is 35.0 Å². The van der Waals surface area contributed by atoms with Gasteiger partial charge in [-0.1, -0.05) is 39.0 Å². The maximum atomic E-state index is 2.89. The molecular weight excluding hydrogens is 1070 g/mol. The summed E-state index contributed by atoms with van der Waals surface area (Å²) >= 11 is 3.50. The molecule has 0 saturated carbocycles. The summed E-state index contributed by atoms with van der Waals surface area (Å²) in [6.45, 7) is 21.6. The first-order valence-electron chi connectivity index (χ1n) is 27.4. The van der Waals surface area contributed by atoms with Gasteiger partial charge in [-0.05, 0) is 29.3 Å². The molecule has 6 aromatic rings. The molecule has 0 bridgehead atoms. The Morgan fingerprint density at radius 2 is 0.641 bits per heavy atom. The van der Waals surface area contributed by atoms with Crippen LogP contribution in [0.15, 0.2) is 35.0 Å². The molecule has 0 N–H and O–H groups in total. The predicted molar refractivity (Wildman–Crippen MR) is 306 cm³/mol. The average molecular weight is 1160 g/mol. The van der Waals surface area contributed by atoms with E-state index in [0.717, 1.165) is 0 Å². The molecule has 0 fully saturated rings. The van der Waals surface area contributed by atoms with Crippen molar-refractivity contribution in [1.82, 2.24) is 9.13 Å². The van der Waals surface area contributed by atoms with Crippen molar-refractivity contribution in [3.8, 4) is 0 Å². The molecule has 6 heterocycles. The zero-order valence-electron chi connectivity index (χ0n) is 42.6. The van der Waals surface area contributed by atoms with Gasteiger partial charge in [0.05, 0.1) is 20.4 Å². The minimum absolute atomic E-state index is 1.18. The van der Waals surface area contributed by atoms with Gasteiger partial charge in [0.15, 0.2) is 0 Å². The summed E-state index contributed by atoms with van der Waals surface area (Å²) in [5.41, 5.74) is 6.19. The van der Waals surface area contributed by atoms with Gasteiger partial charge in [-0.25, -0.2) is 0 Å². The van der Waals surface area contributed by atoms with Crippen LogP contribution in [-0.4, -0.2) is 45.9 Å². The van der Waals surface area contributed by atoms with E-state index in [2.05, 4.69) is 122 Å². The third-order valence-corrected chi connectivity index (χ3v) is 55.7. The van der Waals surface area contributed by atoms with E-state index >= 15 is 0 Å². The van der Waals surface area contributed by atoms with E-state index in [1.54, 1.807) is 47.1 Å². The molecule has 6 aromatic heterocycles. The van der Waals surface area contributed by atoms with Crippen LogP contribution in [-0.2, 0) is 13.1 Å². The SMILES string of the molecule is CCCCCCCCn1c2c[c]([Sn]([CH2]CCC)([CH2]CCC)[CH2]CCC)sc2c2s[c]([Sn]([CH2]CCC)([CH2]CCC)[CH2]CCC)cc21.CCCCCCCCn1c2ccsc2c2sccc21. The molecular formula is C56H94N2S4Sn2. The topological polar surface area (TPSA) is 9.86 Å². The number of rotatable bonds is 34. The summed E-state index contributed by atoms with van der Waals surface area (Å²) in [6, 6.07) is 10.2. The van der Waals surface area contributed by atoms with Crippen LogP contribution in [0.5, 0.6) is 0 Å². The second kappa shape index (κ2) is 29.9. The van der Waals surface area contributed by atoms with E-state index in [-0.39, 0.29) is 0 Å². The number of aromatic nitrogens is 2. The van der Waals surface area contributed by atoms with Crippen LogP contribution in [0.25, 0.3) is 40.9 Å². The van der Waals surface area contributed by atoms with Gasteiger partial charge in [0, 0.05) is 6.54 Å². The van der Waals surface area contributed by atoms with Crippen molar-refractivity contribution < 1.29 is 0 Å². The first-order chi connectivity index (χ1) is 31.4. The van der Waals surface area contributed by atoms with Gasteiger partial charge in [0.2, 0.25) is 0 Å². The van der Waals surface area contributed by atoms with Crippen molar-refractivity contribution in [2.45, 2.75) is 249 Å². The Labute approximate surface area is 417 Å². The monoisotopic (exact) mass is 1160 g/mol. The van der Waals surface area contributed by atoms with Crippen LogP contribution in [0.1, 0.15) is 209 Å². The van der Waals surface area contributed by atoms with E-state index in [9.17, 15) is 0 Å². The molecule has 0 aliphatic heterocycles. The number of fused-ring (bicyclic) bond motifs is 6. The maximum Gasteiger partial charge on any atom is 0.0700 e. The molecule has 0 aliphatic rings. The molecule has 0 atom stereocenters. The molecule has 0 unspecified atom stereocenters. The molecule has 8 heteroatoms. The van der Waals surface area contributed by atoms with Crippen LogP contribution in [0.2, 0.25) is 26.6 Å². The number of unbranched alkanes of at least 4 members (excludes halogenated alkanes) is 16. The first-order valence-corrected chi connectivity index (χ1v) is 45.8. The fourth-order valence-corrected chi connectivity index (χ4v) is 53.4. The van der Waals surface area contributed by atoms with Crippen LogP contribution >= 0.6 is 45.3 Å². The van der Waals surface area contributed by atoms with Crippen LogP contribution in [0.3, 0.4) is 0 Å². The minimum atomic E-state index is -2.47. The Kier molecular flexibility index (Phi) is 25.7. The molecule has 64 heavy (non-hydrogen) atoms. The van der Waals surface area contributed by atoms with Crippen LogP contribution in [0.4, 0.5) is 0 Å². The van der Waals surface area contributed by atoms with Crippen molar-refractivity contribution in [2.24, 2.45) is 0 Å². The van der Waals surface area contributed by atoms with Gasteiger partial charge < -0.3 is 4.57 Å².